The molecule has 2 heterocycles. The first-order chi connectivity index (χ1) is 12.1. The molecular formula is C18H16N2O5. The monoisotopic (exact) mass is 340 g/mol. The summed E-state index contributed by atoms with van der Waals surface area (Å²) in [5, 5.41) is 0. The largest absolute Gasteiger partial charge is 0.493 e. The summed E-state index contributed by atoms with van der Waals surface area (Å²) in [6.45, 7) is 0.0918. The Kier molecular flexibility index (Phi) is 4.65. The molecule has 0 amide bonds. The Morgan fingerprint density at radius 1 is 1.12 bits per heavy atom. The first kappa shape index (κ1) is 16.5. The lowest BCUT2D eigenvalue weighted by atomic mass is 10.2. The van der Waals surface area contributed by atoms with E-state index in [1.807, 2.05) is 0 Å². The number of ether oxygens (including phenoxy) is 3. The van der Waals surface area contributed by atoms with E-state index < -0.39 is 5.97 Å². The number of carbonyl (C=O) groups excluding carboxylic acids is 1. The molecule has 0 saturated carbocycles. The van der Waals surface area contributed by atoms with Crippen LogP contribution in [0.1, 0.15) is 16.1 Å². The number of methoxy groups -OCH3 is 2. The number of hydrogen-bond donors (Lipinski definition) is 0. The molecule has 25 heavy (non-hydrogen) atoms. The van der Waals surface area contributed by atoms with Crippen LogP contribution < -0.4 is 15.0 Å². The van der Waals surface area contributed by atoms with Crippen LogP contribution >= 0.6 is 0 Å². The number of esters is 1. The Labute approximate surface area is 143 Å². The van der Waals surface area contributed by atoms with Crippen LogP contribution in [-0.4, -0.2) is 29.6 Å². The van der Waals surface area contributed by atoms with Gasteiger partial charge < -0.3 is 14.2 Å². The molecule has 7 heteroatoms. The number of benzene rings is 1. The summed E-state index contributed by atoms with van der Waals surface area (Å²) < 4.78 is 17.1. The normalized spacial score (nSPS) is 10.5. The van der Waals surface area contributed by atoms with E-state index in [9.17, 15) is 9.59 Å². The van der Waals surface area contributed by atoms with E-state index in [2.05, 4.69) is 9.72 Å². The zero-order valence-electron chi connectivity index (χ0n) is 13.8. The van der Waals surface area contributed by atoms with Gasteiger partial charge in [-0.25, -0.2) is 9.78 Å². The van der Waals surface area contributed by atoms with E-state index in [1.165, 1.54) is 30.8 Å². The second-order valence-corrected chi connectivity index (χ2v) is 5.16. The Morgan fingerprint density at radius 2 is 1.96 bits per heavy atom. The fourth-order valence-corrected chi connectivity index (χ4v) is 2.36. The molecule has 3 rings (SSSR count). The van der Waals surface area contributed by atoms with Gasteiger partial charge in [0.2, 0.25) is 0 Å². The standard InChI is InChI=1S/C18H16N2O5/c1-23-15-9-12(18(22)24-2)6-7-14(15)25-11-13-10-17(21)20-8-4-3-5-16(20)19-13/h3-10H,11H2,1-2H3. The molecule has 1 aromatic carbocycles. The molecule has 3 aromatic rings. The van der Waals surface area contributed by atoms with Crippen molar-refractivity contribution in [1.29, 1.82) is 0 Å². The number of carbonyl (C=O) groups is 1. The van der Waals surface area contributed by atoms with Crippen molar-refractivity contribution in [2.75, 3.05) is 14.2 Å². The molecule has 0 atom stereocenters. The van der Waals surface area contributed by atoms with Gasteiger partial charge >= 0.3 is 5.97 Å². The summed E-state index contributed by atoms with van der Waals surface area (Å²) in [5.74, 6) is 0.361. The van der Waals surface area contributed by atoms with Crippen LogP contribution in [0.3, 0.4) is 0 Å². The van der Waals surface area contributed by atoms with Crippen molar-refractivity contribution in [1.82, 2.24) is 9.38 Å². The van der Waals surface area contributed by atoms with Crippen LogP contribution in [0.15, 0.2) is 53.5 Å². The molecule has 0 aliphatic heterocycles. The summed E-state index contributed by atoms with van der Waals surface area (Å²) >= 11 is 0. The smallest absolute Gasteiger partial charge is 0.337 e. The Hall–Kier alpha value is -3.35. The molecule has 7 nitrogen and oxygen atoms in total. The van der Waals surface area contributed by atoms with E-state index in [4.69, 9.17) is 9.47 Å². The summed E-state index contributed by atoms with van der Waals surface area (Å²) in [6.07, 6.45) is 1.66. The zero-order valence-corrected chi connectivity index (χ0v) is 13.8. The fourth-order valence-electron chi connectivity index (χ4n) is 2.36. The minimum atomic E-state index is -0.464. The van der Waals surface area contributed by atoms with E-state index in [-0.39, 0.29) is 12.2 Å². The zero-order chi connectivity index (χ0) is 17.8. The number of pyridine rings is 1. The minimum absolute atomic E-state index is 0.0918. The minimum Gasteiger partial charge on any atom is -0.493 e. The van der Waals surface area contributed by atoms with Crippen molar-refractivity contribution < 1.29 is 19.0 Å². The lowest BCUT2D eigenvalue weighted by Crippen LogP contribution is -2.16. The van der Waals surface area contributed by atoms with Crippen molar-refractivity contribution in [3.63, 3.8) is 0 Å². The third-order valence-corrected chi connectivity index (χ3v) is 3.58. The number of hydrogen-bond acceptors (Lipinski definition) is 6. The fraction of sp³-hybridized carbons (Fsp3) is 0.167. The van der Waals surface area contributed by atoms with Gasteiger partial charge in [-0.2, -0.15) is 0 Å². The van der Waals surface area contributed by atoms with Crippen molar-refractivity contribution in [2.24, 2.45) is 0 Å². The molecule has 0 saturated heterocycles. The highest BCUT2D eigenvalue weighted by Gasteiger charge is 2.12. The van der Waals surface area contributed by atoms with Gasteiger partial charge in [-0.15, -0.1) is 0 Å². The van der Waals surface area contributed by atoms with Gasteiger partial charge in [0.05, 0.1) is 25.5 Å². The Bertz CT molecular complexity index is 981. The van der Waals surface area contributed by atoms with Gasteiger partial charge in [0.1, 0.15) is 12.3 Å². The van der Waals surface area contributed by atoms with Gasteiger partial charge in [0.25, 0.3) is 5.56 Å². The molecule has 0 spiro atoms. The first-order valence-electron chi connectivity index (χ1n) is 7.49. The summed E-state index contributed by atoms with van der Waals surface area (Å²) in [6, 6.07) is 11.5. The van der Waals surface area contributed by atoms with E-state index in [0.29, 0.717) is 28.4 Å². The van der Waals surface area contributed by atoms with Crippen LogP contribution in [0.5, 0.6) is 11.5 Å². The Morgan fingerprint density at radius 3 is 2.72 bits per heavy atom. The van der Waals surface area contributed by atoms with Crippen LogP contribution in [0.2, 0.25) is 0 Å². The van der Waals surface area contributed by atoms with Gasteiger partial charge in [-0.1, -0.05) is 6.07 Å². The predicted molar refractivity (Wildman–Crippen MR) is 90.1 cm³/mol. The topological polar surface area (TPSA) is 79.1 Å². The molecule has 0 unspecified atom stereocenters. The first-order valence-corrected chi connectivity index (χ1v) is 7.49. The maximum Gasteiger partial charge on any atom is 0.337 e. The highest BCUT2D eigenvalue weighted by molar-refractivity contribution is 5.90. The van der Waals surface area contributed by atoms with Crippen LogP contribution in [0.4, 0.5) is 0 Å². The van der Waals surface area contributed by atoms with E-state index in [0.717, 1.165) is 0 Å². The van der Waals surface area contributed by atoms with Crippen molar-refractivity contribution in [3.05, 3.63) is 70.3 Å². The number of fused-ring (bicyclic) bond motifs is 1. The van der Waals surface area contributed by atoms with Crippen LogP contribution in [-0.2, 0) is 11.3 Å². The highest BCUT2D eigenvalue weighted by atomic mass is 16.5. The van der Waals surface area contributed by atoms with Crippen LogP contribution in [0, 0.1) is 0 Å². The summed E-state index contributed by atoms with van der Waals surface area (Å²) in [4.78, 5) is 28.0. The van der Waals surface area contributed by atoms with E-state index in [1.54, 1.807) is 36.5 Å². The lowest BCUT2D eigenvalue weighted by Gasteiger charge is -2.11. The van der Waals surface area contributed by atoms with Crippen LogP contribution in [0.25, 0.3) is 5.65 Å². The molecule has 0 radical (unpaired) electrons. The number of rotatable bonds is 5. The molecular weight excluding hydrogens is 324 g/mol. The molecule has 0 aliphatic carbocycles. The summed E-state index contributed by atoms with van der Waals surface area (Å²) in [5.41, 5.74) is 1.21. The Balaban J connectivity index is 1.84. The maximum atomic E-state index is 12.1. The van der Waals surface area contributed by atoms with E-state index >= 15 is 0 Å². The average molecular weight is 340 g/mol. The maximum absolute atomic E-state index is 12.1. The third-order valence-electron chi connectivity index (χ3n) is 3.58. The van der Waals surface area contributed by atoms with Crippen molar-refractivity contribution in [2.45, 2.75) is 6.61 Å². The van der Waals surface area contributed by atoms with Crippen molar-refractivity contribution in [3.8, 4) is 11.5 Å². The second-order valence-electron chi connectivity index (χ2n) is 5.16. The van der Waals surface area contributed by atoms with Crippen molar-refractivity contribution >= 4 is 11.6 Å². The molecule has 0 bridgehead atoms. The summed E-state index contributed by atoms with van der Waals surface area (Å²) in [7, 11) is 2.78. The van der Waals surface area contributed by atoms with Gasteiger partial charge in [0, 0.05) is 12.3 Å². The van der Waals surface area contributed by atoms with Gasteiger partial charge in [0.15, 0.2) is 11.5 Å². The average Bonchev–Trinajstić information content (AvgIpc) is 2.65. The number of aromatic nitrogens is 2. The molecule has 128 valence electrons. The molecule has 0 N–H and O–H groups in total. The predicted octanol–water partition coefficient (Wildman–Crippen LogP) is 2.07. The quantitative estimate of drug-likeness (QED) is 0.662. The van der Waals surface area contributed by atoms with Gasteiger partial charge in [-0.3, -0.25) is 9.20 Å². The third kappa shape index (κ3) is 3.45. The molecule has 2 aromatic heterocycles. The lowest BCUT2D eigenvalue weighted by molar-refractivity contribution is 0.0600. The number of nitrogens with zero attached hydrogens (tertiary/aromatic N) is 2. The molecule has 0 aliphatic rings. The molecule has 0 fully saturated rings. The van der Waals surface area contributed by atoms with Gasteiger partial charge in [-0.05, 0) is 30.3 Å². The highest BCUT2D eigenvalue weighted by Crippen LogP contribution is 2.29. The second kappa shape index (κ2) is 7.04. The SMILES string of the molecule is COC(=O)c1ccc(OCc2cc(=O)n3ccccc3n2)c(OC)c1.